The Labute approximate surface area is 135 Å². The minimum atomic E-state index is 0.206. The molecule has 0 radical (unpaired) electrons. The van der Waals surface area contributed by atoms with Gasteiger partial charge >= 0.3 is 0 Å². The minimum absolute atomic E-state index is 0.206. The number of hydrogen-bond acceptors (Lipinski definition) is 1. The van der Waals surface area contributed by atoms with Gasteiger partial charge in [-0.1, -0.05) is 39.1 Å². The molecule has 3 rings (SSSR count). The fourth-order valence-electron chi connectivity index (χ4n) is 2.79. The first-order valence-electron chi connectivity index (χ1n) is 6.38. The normalized spacial score (nSPS) is 14.5. The van der Waals surface area contributed by atoms with Crippen molar-refractivity contribution in [3.63, 3.8) is 0 Å². The Bertz CT molecular complexity index is 698. The van der Waals surface area contributed by atoms with Gasteiger partial charge in [-0.15, -0.1) is 0 Å². The van der Waals surface area contributed by atoms with E-state index in [0.717, 1.165) is 40.0 Å². The highest BCUT2D eigenvalue weighted by atomic mass is 79.9. The number of aromatic nitrogens is 1. The molecule has 104 valence electrons. The molecule has 0 saturated heterocycles. The van der Waals surface area contributed by atoms with Crippen LogP contribution in [0.1, 0.15) is 34.6 Å². The molecule has 1 aliphatic rings. The van der Waals surface area contributed by atoms with E-state index in [9.17, 15) is 4.79 Å². The van der Waals surface area contributed by atoms with Crippen LogP contribution in [-0.2, 0) is 6.42 Å². The zero-order valence-corrected chi connectivity index (χ0v) is 13.9. The average molecular weight is 373 g/mol. The summed E-state index contributed by atoms with van der Waals surface area (Å²) in [6, 6.07) is 5.57. The maximum Gasteiger partial charge on any atom is 0.164 e. The predicted molar refractivity (Wildman–Crippen MR) is 85.5 cm³/mol. The molecule has 0 aliphatic heterocycles. The highest BCUT2D eigenvalue weighted by molar-refractivity contribution is 9.10. The standard InChI is InChI=1S/C15H12BrCl2NO/c1-8-5-10-13(3-2-4-14(10)20)19(8)15-11(17)6-9(16)7-12(15)18/h5-7H,2-4H2,1H3. The number of benzene rings is 1. The van der Waals surface area contributed by atoms with Crippen molar-refractivity contribution in [1.29, 1.82) is 0 Å². The van der Waals surface area contributed by atoms with Crippen LogP contribution in [0.3, 0.4) is 0 Å². The molecule has 0 saturated carbocycles. The van der Waals surface area contributed by atoms with Crippen molar-refractivity contribution in [2.24, 2.45) is 0 Å². The van der Waals surface area contributed by atoms with Gasteiger partial charge in [0.1, 0.15) is 0 Å². The van der Waals surface area contributed by atoms with Gasteiger partial charge in [-0.05, 0) is 38.0 Å². The molecule has 0 fully saturated rings. The quantitative estimate of drug-likeness (QED) is 0.659. The third-order valence-electron chi connectivity index (χ3n) is 3.61. The zero-order valence-electron chi connectivity index (χ0n) is 10.8. The van der Waals surface area contributed by atoms with Crippen LogP contribution < -0.4 is 0 Å². The van der Waals surface area contributed by atoms with Gasteiger partial charge in [0.25, 0.3) is 0 Å². The molecule has 1 aromatic carbocycles. The number of Topliss-reactive ketones (excluding diaryl/α,β-unsaturated/α-hetero) is 1. The summed E-state index contributed by atoms with van der Waals surface area (Å²) in [5.74, 6) is 0.206. The maximum atomic E-state index is 12.0. The number of carbonyl (C=O) groups excluding carboxylic acids is 1. The molecule has 0 amide bonds. The third kappa shape index (κ3) is 2.22. The molecular weight excluding hydrogens is 361 g/mol. The van der Waals surface area contributed by atoms with Crippen LogP contribution in [-0.4, -0.2) is 10.4 Å². The Morgan fingerprint density at radius 2 is 1.80 bits per heavy atom. The lowest BCUT2D eigenvalue weighted by molar-refractivity contribution is 0.0972. The Morgan fingerprint density at radius 3 is 2.45 bits per heavy atom. The van der Waals surface area contributed by atoms with Crippen molar-refractivity contribution in [3.05, 3.63) is 49.7 Å². The molecule has 1 aliphatic carbocycles. The second-order valence-electron chi connectivity index (χ2n) is 4.98. The van der Waals surface area contributed by atoms with Crippen molar-refractivity contribution >= 4 is 44.9 Å². The van der Waals surface area contributed by atoms with Crippen LogP contribution in [0, 0.1) is 6.92 Å². The molecule has 5 heteroatoms. The Kier molecular flexibility index (Phi) is 3.69. The summed E-state index contributed by atoms with van der Waals surface area (Å²) in [7, 11) is 0. The zero-order chi connectivity index (χ0) is 14.4. The number of hydrogen-bond donors (Lipinski definition) is 0. The summed E-state index contributed by atoms with van der Waals surface area (Å²) in [4.78, 5) is 12.0. The Morgan fingerprint density at radius 1 is 1.15 bits per heavy atom. The fraction of sp³-hybridized carbons (Fsp3) is 0.267. The van der Waals surface area contributed by atoms with Gasteiger partial charge in [0.2, 0.25) is 0 Å². The molecule has 1 heterocycles. The van der Waals surface area contributed by atoms with Gasteiger partial charge in [0, 0.05) is 27.8 Å². The van der Waals surface area contributed by atoms with E-state index < -0.39 is 0 Å². The van der Waals surface area contributed by atoms with Gasteiger partial charge in [-0.3, -0.25) is 4.79 Å². The molecular formula is C15H12BrCl2NO. The average Bonchev–Trinajstić information content (AvgIpc) is 2.67. The summed E-state index contributed by atoms with van der Waals surface area (Å²) >= 11 is 16.1. The lowest BCUT2D eigenvalue weighted by Gasteiger charge is -2.18. The molecule has 0 spiro atoms. The number of fused-ring (bicyclic) bond motifs is 1. The third-order valence-corrected chi connectivity index (χ3v) is 4.64. The second kappa shape index (κ2) is 5.21. The van der Waals surface area contributed by atoms with Crippen molar-refractivity contribution in [1.82, 2.24) is 4.57 Å². The van der Waals surface area contributed by atoms with E-state index in [2.05, 4.69) is 15.9 Å². The first kappa shape index (κ1) is 14.2. The van der Waals surface area contributed by atoms with Gasteiger partial charge in [-0.2, -0.15) is 0 Å². The lowest BCUT2D eigenvalue weighted by atomic mass is 9.96. The smallest absolute Gasteiger partial charge is 0.164 e. The minimum Gasteiger partial charge on any atom is -0.315 e. The highest BCUT2D eigenvalue weighted by Gasteiger charge is 2.25. The van der Waals surface area contributed by atoms with E-state index in [1.807, 2.05) is 29.7 Å². The van der Waals surface area contributed by atoms with Gasteiger partial charge in [0.15, 0.2) is 5.78 Å². The Balaban J connectivity index is 2.29. The second-order valence-corrected chi connectivity index (χ2v) is 6.71. The summed E-state index contributed by atoms with van der Waals surface area (Å²) in [6.07, 6.45) is 2.37. The summed E-state index contributed by atoms with van der Waals surface area (Å²) in [5, 5.41) is 1.15. The Hall–Kier alpha value is -0.770. The summed E-state index contributed by atoms with van der Waals surface area (Å²) in [5.41, 5.74) is 3.56. The topological polar surface area (TPSA) is 22.0 Å². The summed E-state index contributed by atoms with van der Waals surface area (Å²) < 4.78 is 2.86. The SMILES string of the molecule is Cc1cc2c(n1-c1c(Cl)cc(Br)cc1Cl)CCCC2=O. The van der Waals surface area contributed by atoms with E-state index in [1.165, 1.54) is 0 Å². The maximum absolute atomic E-state index is 12.0. The number of nitrogens with zero attached hydrogens (tertiary/aromatic N) is 1. The molecule has 0 unspecified atom stereocenters. The molecule has 2 aromatic rings. The van der Waals surface area contributed by atoms with Crippen molar-refractivity contribution in [2.75, 3.05) is 0 Å². The predicted octanol–water partition coefficient (Wildman–Crippen LogP) is 5.37. The van der Waals surface area contributed by atoms with E-state index in [-0.39, 0.29) is 5.78 Å². The largest absolute Gasteiger partial charge is 0.315 e. The molecule has 0 bridgehead atoms. The molecule has 0 N–H and O–H groups in total. The molecule has 2 nitrogen and oxygen atoms in total. The number of carbonyl (C=O) groups is 1. The first-order chi connectivity index (χ1) is 9.49. The van der Waals surface area contributed by atoms with E-state index in [4.69, 9.17) is 23.2 Å². The number of aryl methyl sites for hydroxylation is 1. The van der Waals surface area contributed by atoms with Crippen LogP contribution in [0.15, 0.2) is 22.7 Å². The first-order valence-corrected chi connectivity index (χ1v) is 7.93. The van der Waals surface area contributed by atoms with Crippen LogP contribution >= 0.6 is 39.1 Å². The van der Waals surface area contributed by atoms with Crippen molar-refractivity contribution in [2.45, 2.75) is 26.2 Å². The number of rotatable bonds is 1. The van der Waals surface area contributed by atoms with Crippen LogP contribution in [0.4, 0.5) is 0 Å². The molecule has 1 aromatic heterocycles. The van der Waals surface area contributed by atoms with E-state index in [1.54, 1.807) is 0 Å². The molecule has 0 atom stereocenters. The van der Waals surface area contributed by atoms with Crippen LogP contribution in [0.25, 0.3) is 5.69 Å². The van der Waals surface area contributed by atoms with Crippen LogP contribution in [0.5, 0.6) is 0 Å². The monoisotopic (exact) mass is 371 g/mol. The van der Waals surface area contributed by atoms with Crippen LogP contribution in [0.2, 0.25) is 10.0 Å². The van der Waals surface area contributed by atoms with Gasteiger partial charge in [-0.25, -0.2) is 0 Å². The highest BCUT2D eigenvalue weighted by Crippen LogP contribution is 2.37. The van der Waals surface area contributed by atoms with Gasteiger partial charge < -0.3 is 4.57 Å². The number of ketones is 1. The van der Waals surface area contributed by atoms with Gasteiger partial charge in [0.05, 0.1) is 15.7 Å². The van der Waals surface area contributed by atoms with E-state index >= 15 is 0 Å². The fourth-order valence-corrected chi connectivity index (χ4v) is 4.17. The lowest BCUT2D eigenvalue weighted by Crippen LogP contribution is -2.13. The summed E-state index contributed by atoms with van der Waals surface area (Å²) in [6.45, 7) is 1.97. The van der Waals surface area contributed by atoms with Crippen molar-refractivity contribution in [3.8, 4) is 5.69 Å². The molecule has 20 heavy (non-hydrogen) atoms. The van der Waals surface area contributed by atoms with E-state index in [0.29, 0.717) is 16.5 Å². The van der Waals surface area contributed by atoms with Crippen molar-refractivity contribution < 1.29 is 4.79 Å². The number of halogens is 3.